The van der Waals surface area contributed by atoms with Gasteiger partial charge in [-0.05, 0) is 29.8 Å². The molecule has 0 saturated heterocycles. The fraction of sp³-hybridized carbons (Fsp3) is 0.0667. The van der Waals surface area contributed by atoms with E-state index in [9.17, 15) is 9.18 Å². The van der Waals surface area contributed by atoms with Crippen LogP contribution in [0, 0.1) is 5.82 Å². The largest absolute Gasteiger partial charge is 0.478 e. The molecule has 0 aliphatic heterocycles. The van der Waals surface area contributed by atoms with Gasteiger partial charge in [0, 0.05) is 5.75 Å². The van der Waals surface area contributed by atoms with Gasteiger partial charge in [0.15, 0.2) is 5.16 Å². The fourth-order valence-corrected chi connectivity index (χ4v) is 2.82. The number of benzene rings is 2. The lowest BCUT2D eigenvalue weighted by Gasteiger charge is -2.00. The van der Waals surface area contributed by atoms with E-state index in [1.807, 2.05) is 0 Å². The molecule has 6 heteroatoms. The zero-order chi connectivity index (χ0) is 14.8. The van der Waals surface area contributed by atoms with E-state index in [1.54, 1.807) is 24.3 Å². The number of aromatic nitrogens is 2. The molecule has 1 aromatic heterocycles. The Hall–Kier alpha value is -2.34. The van der Waals surface area contributed by atoms with E-state index in [0.29, 0.717) is 27.5 Å². The van der Waals surface area contributed by atoms with Gasteiger partial charge in [0.25, 0.3) is 0 Å². The number of hydrogen-bond donors (Lipinski definition) is 2. The second kappa shape index (κ2) is 5.57. The Morgan fingerprint density at radius 2 is 2.10 bits per heavy atom. The average Bonchev–Trinajstić information content (AvgIpc) is 2.88. The number of nitrogens with zero attached hydrogens (tertiary/aromatic N) is 1. The van der Waals surface area contributed by atoms with Crippen LogP contribution in [-0.4, -0.2) is 21.0 Å². The molecule has 106 valence electrons. The third kappa shape index (κ3) is 2.90. The van der Waals surface area contributed by atoms with E-state index in [0.717, 1.165) is 0 Å². The van der Waals surface area contributed by atoms with Crippen LogP contribution in [0.5, 0.6) is 0 Å². The van der Waals surface area contributed by atoms with Crippen LogP contribution in [0.15, 0.2) is 47.6 Å². The van der Waals surface area contributed by atoms with Crippen molar-refractivity contribution in [3.63, 3.8) is 0 Å². The summed E-state index contributed by atoms with van der Waals surface area (Å²) in [4.78, 5) is 18.3. The summed E-state index contributed by atoms with van der Waals surface area (Å²) in [6.45, 7) is 0. The van der Waals surface area contributed by atoms with Gasteiger partial charge in [-0.3, -0.25) is 0 Å². The maximum atomic E-state index is 13.5. The molecule has 3 rings (SSSR count). The van der Waals surface area contributed by atoms with Crippen LogP contribution in [0.1, 0.15) is 15.9 Å². The molecule has 0 radical (unpaired) electrons. The number of carboxylic acid groups (broad SMARTS) is 1. The van der Waals surface area contributed by atoms with Gasteiger partial charge in [0.1, 0.15) is 5.82 Å². The molecule has 0 unspecified atom stereocenters. The van der Waals surface area contributed by atoms with E-state index in [2.05, 4.69) is 9.97 Å². The molecule has 0 fully saturated rings. The Labute approximate surface area is 124 Å². The van der Waals surface area contributed by atoms with Gasteiger partial charge >= 0.3 is 5.97 Å². The summed E-state index contributed by atoms with van der Waals surface area (Å²) in [5, 5.41) is 9.59. The normalized spacial score (nSPS) is 10.9. The summed E-state index contributed by atoms with van der Waals surface area (Å²) in [5.41, 5.74) is 2.16. The summed E-state index contributed by atoms with van der Waals surface area (Å²) in [6.07, 6.45) is 0. The average molecular weight is 302 g/mol. The molecule has 2 N–H and O–H groups in total. The second-order valence-electron chi connectivity index (χ2n) is 4.46. The molecule has 0 saturated carbocycles. The maximum absolute atomic E-state index is 13.5. The minimum absolute atomic E-state index is 0.205. The molecule has 0 atom stereocenters. The van der Waals surface area contributed by atoms with Crippen molar-refractivity contribution in [2.24, 2.45) is 0 Å². The lowest BCUT2D eigenvalue weighted by atomic mass is 10.2. The number of fused-ring (bicyclic) bond motifs is 1. The van der Waals surface area contributed by atoms with Crippen LogP contribution in [0.4, 0.5) is 4.39 Å². The minimum atomic E-state index is -0.980. The number of H-pyrrole nitrogens is 1. The van der Waals surface area contributed by atoms with Crippen LogP contribution in [0.25, 0.3) is 11.0 Å². The van der Waals surface area contributed by atoms with Gasteiger partial charge in [0.05, 0.1) is 16.6 Å². The van der Waals surface area contributed by atoms with E-state index < -0.39 is 5.97 Å². The number of nitrogens with one attached hydrogen (secondary N) is 1. The molecular formula is C15H11FN2O2S. The minimum Gasteiger partial charge on any atom is -0.478 e. The molecule has 3 aromatic rings. The second-order valence-corrected chi connectivity index (χ2v) is 5.42. The number of carboxylic acids is 1. The van der Waals surface area contributed by atoms with Gasteiger partial charge in [-0.1, -0.05) is 30.0 Å². The number of halogens is 1. The lowest BCUT2D eigenvalue weighted by Crippen LogP contribution is -1.94. The summed E-state index contributed by atoms with van der Waals surface area (Å²) in [7, 11) is 0. The van der Waals surface area contributed by atoms with Crippen molar-refractivity contribution in [2.75, 3.05) is 0 Å². The van der Waals surface area contributed by atoms with Crippen molar-refractivity contribution in [2.45, 2.75) is 10.9 Å². The smallest absolute Gasteiger partial charge is 0.335 e. The van der Waals surface area contributed by atoms with Crippen molar-refractivity contribution >= 4 is 28.8 Å². The Kier molecular flexibility index (Phi) is 3.62. The first-order chi connectivity index (χ1) is 10.1. The van der Waals surface area contributed by atoms with Crippen molar-refractivity contribution in [1.82, 2.24) is 9.97 Å². The van der Waals surface area contributed by atoms with Gasteiger partial charge in [-0.15, -0.1) is 0 Å². The molecule has 0 spiro atoms. The number of aromatic amines is 1. The number of rotatable bonds is 4. The van der Waals surface area contributed by atoms with Crippen LogP contribution in [-0.2, 0) is 5.75 Å². The van der Waals surface area contributed by atoms with Crippen molar-refractivity contribution in [1.29, 1.82) is 0 Å². The Bertz CT molecular complexity index is 816. The molecule has 0 aliphatic carbocycles. The number of hydrogen-bond acceptors (Lipinski definition) is 3. The fourth-order valence-electron chi connectivity index (χ4n) is 1.95. The Morgan fingerprint density at radius 1 is 1.29 bits per heavy atom. The van der Waals surface area contributed by atoms with E-state index in [4.69, 9.17) is 5.11 Å². The molecular weight excluding hydrogens is 291 g/mol. The Balaban J connectivity index is 1.82. The zero-order valence-corrected chi connectivity index (χ0v) is 11.7. The van der Waals surface area contributed by atoms with Crippen molar-refractivity contribution < 1.29 is 14.3 Å². The summed E-state index contributed by atoms with van der Waals surface area (Å²) in [6, 6.07) is 11.3. The number of carbonyl (C=O) groups is 1. The first-order valence-electron chi connectivity index (χ1n) is 6.23. The highest BCUT2D eigenvalue weighted by Crippen LogP contribution is 2.24. The zero-order valence-electron chi connectivity index (χ0n) is 10.8. The molecule has 0 amide bonds. The molecule has 1 heterocycles. The molecule has 21 heavy (non-hydrogen) atoms. The summed E-state index contributed by atoms with van der Waals surface area (Å²) in [5.74, 6) is -0.764. The van der Waals surface area contributed by atoms with Crippen molar-refractivity contribution in [3.8, 4) is 0 Å². The number of thioether (sulfide) groups is 1. The maximum Gasteiger partial charge on any atom is 0.335 e. The third-order valence-electron chi connectivity index (χ3n) is 3.03. The van der Waals surface area contributed by atoms with Gasteiger partial charge in [0.2, 0.25) is 0 Å². The summed E-state index contributed by atoms with van der Waals surface area (Å²) >= 11 is 1.37. The Morgan fingerprint density at radius 3 is 2.86 bits per heavy atom. The van der Waals surface area contributed by atoms with Crippen LogP contribution >= 0.6 is 11.8 Å². The van der Waals surface area contributed by atoms with Crippen molar-refractivity contribution in [3.05, 3.63) is 59.4 Å². The highest BCUT2D eigenvalue weighted by Gasteiger charge is 2.09. The molecule has 2 aromatic carbocycles. The van der Waals surface area contributed by atoms with Crippen LogP contribution in [0.3, 0.4) is 0 Å². The quantitative estimate of drug-likeness (QED) is 0.721. The van der Waals surface area contributed by atoms with Gasteiger partial charge in [-0.2, -0.15) is 0 Å². The first kappa shape index (κ1) is 13.6. The predicted octanol–water partition coefficient (Wildman–Crippen LogP) is 3.69. The summed E-state index contributed by atoms with van der Waals surface area (Å²) < 4.78 is 13.5. The first-order valence-corrected chi connectivity index (χ1v) is 7.21. The lowest BCUT2D eigenvalue weighted by molar-refractivity contribution is 0.0697. The van der Waals surface area contributed by atoms with Crippen LogP contribution in [0.2, 0.25) is 0 Å². The highest BCUT2D eigenvalue weighted by atomic mass is 32.2. The third-order valence-corrected chi connectivity index (χ3v) is 3.95. The molecule has 0 bridgehead atoms. The van der Waals surface area contributed by atoms with Gasteiger partial charge in [-0.25, -0.2) is 14.2 Å². The van der Waals surface area contributed by atoms with E-state index in [-0.39, 0.29) is 11.4 Å². The SMILES string of the molecule is O=C(O)c1ccc2nc(SCc3ccccc3F)[nH]c2c1. The van der Waals surface area contributed by atoms with E-state index in [1.165, 1.54) is 30.0 Å². The van der Waals surface area contributed by atoms with E-state index >= 15 is 0 Å². The molecule has 4 nitrogen and oxygen atoms in total. The van der Waals surface area contributed by atoms with Gasteiger partial charge < -0.3 is 10.1 Å². The topological polar surface area (TPSA) is 66.0 Å². The molecule has 0 aliphatic rings. The monoisotopic (exact) mass is 302 g/mol. The number of aromatic carboxylic acids is 1. The number of imidazole rings is 1. The van der Waals surface area contributed by atoms with Crippen LogP contribution < -0.4 is 0 Å². The highest BCUT2D eigenvalue weighted by molar-refractivity contribution is 7.98. The predicted molar refractivity (Wildman–Crippen MR) is 79.0 cm³/mol. The standard InChI is InChI=1S/C15H11FN2O2S/c16-11-4-2-1-3-10(11)8-21-15-17-12-6-5-9(14(19)20)7-13(12)18-15/h1-7H,8H2,(H,17,18)(H,19,20).